The smallest absolute Gasteiger partial charge is 0.0939 e. The third-order valence-electron chi connectivity index (χ3n) is 5.62. The number of rotatable bonds is 4. The van der Waals surface area contributed by atoms with Crippen molar-refractivity contribution < 1.29 is 9.47 Å². The second kappa shape index (κ2) is 6.33. The highest BCUT2D eigenvalue weighted by Crippen LogP contribution is 2.39. The molecule has 0 amide bonds. The molecule has 3 nitrogen and oxygen atoms in total. The molecule has 3 heteroatoms. The molecule has 2 saturated heterocycles. The van der Waals surface area contributed by atoms with Crippen molar-refractivity contribution in [2.45, 2.75) is 65.0 Å². The predicted molar refractivity (Wildman–Crippen MR) is 82.9 cm³/mol. The van der Waals surface area contributed by atoms with E-state index in [0.717, 1.165) is 44.5 Å². The van der Waals surface area contributed by atoms with E-state index < -0.39 is 0 Å². The molecule has 0 aromatic heterocycles. The van der Waals surface area contributed by atoms with Crippen molar-refractivity contribution in [3.05, 3.63) is 0 Å². The summed E-state index contributed by atoms with van der Waals surface area (Å²) in [5, 5.41) is 3.58. The minimum atomic E-state index is 0.0307. The summed E-state index contributed by atoms with van der Waals surface area (Å²) in [7, 11) is 2.12. The zero-order chi connectivity index (χ0) is 14.8. The van der Waals surface area contributed by atoms with Crippen LogP contribution in [-0.2, 0) is 9.47 Å². The summed E-state index contributed by atoms with van der Waals surface area (Å²) in [5.41, 5.74) is 0.414. The number of nitrogens with one attached hydrogen (secondary N) is 1. The molecule has 0 aromatic rings. The van der Waals surface area contributed by atoms with Crippen molar-refractivity contribution in [2.75, 3.05) is 26.9 Å². The summed E-state index contributed by atoms with van der Waals surface area (Å²) in [6.45, 7) is 12.0. The Hall–Kier alpha value is -0.120. The lowest BCUT2D eigenvalue weighted by atomic mass is 9.73. The van der Waals surface area contributed by atoms with Crippen molar-refractivity contribution in [1.82, 2.24) is 5.32 Å². The molecule has 0 radical (unpaired) electrons. The van der Waals surface area contributed by atoms with Gasteiger partial charge in [-0.2, -0.15) is 0 Å². The highest BCUT2D eigenvalue weighted by Gasteiger charge is 2.43. The molecule has 0 saturated carbocycles. The maximum Gasteiger partial charge on any atom is 0.0939 e. The molecule has 2 aliphatic heterocycles. The van der Waals surface area contributed by atoms with Gasteiger partial charge < -0.3 is 14.8 Å². The van der Waals surface area contributed by atoms with Crippen LogP contribution in [0.5, 0.6) is 0 Å². The first-order valence-corrected chi connectivity index (χ1v) is 8.25. The predicted octanol–water partition coefficient (Wildman–Crippen LogP) is 3.23. The Morgan fingerprint density at radius 3 is 2.60 bits per heavy atom. The first-order valence-electron chi connectivity index (χ1n) is 8.25. The second-order valence-electron chi connectivity index (χ2n) is 7.98. The fourth-order valence-corrected chi connectivity index (χ4v) is 3.55. The third-order valence-corrected chi connectivity index (χ3v) is 5.62. The van der Waals surface area contributed by atoms with Gasteiger partial charge >= 0.3 is 0 Å². The van der Waals surface area contributed by atoms with E-state index in [1.807, 2.05) is 0 Å². The minimum Gasteiger partial charge on any atom is -0.378 e. The molecule has 2 fully saturated rings. The van der Waals surface area contributed by atoms with Gasteiger partial charge in [0.25, 0.3) is 0 Å². The van der Waals surface area contributed by atoms with Crippen molar-refractivity contribution >= 4 is 0 Å². The first-order chi connectivity index (χ1) is 9.36. The molecule has 0 aromatic carbocycles. The molecule has 0 bridgehead atoms. The van der Waals surface area contributed by atoms with Gasteiger partial charge in [0.05, 0.1) is 12.2 Å². The number of hydrogen-bond acceptors (Lipinski definition) is 3. The second-order valence-corrected chi connectivity index (χ2v) is 7.98. The van der Waals surface area contributed by atoms with Crippen LogP contribution < -0.4 is 5.32 Å². The van der Waals surface area contributed by atoms with Crippen LogP contribution >= 0.6 is 0 Å². The Morgan fingerprint density at radius 2 is 2.05 bits per heavy atom. The molecular formula is C17H33NO2. The lowest BCUT2D eigenvalue weighted by Crippen LogP contribution is -2.47. The number of ether oxygens (including phenoxy) is 2. The largest absolute Gasteiger partial charge is 0.378 e. The zero-order valence-electron chi connectivity index (χ0n) is 14.0. The van der Waals surface area contributed by atoms with Crippen LogP contribution in [0.4, 0.5) is 0 Å². The summed E-state index contributed by atoms with van der Waals surface area (Å²) in [4.78, 5) is 0. The van der Waals surface area contributed by atoms with E-state index in [4.69, 9.17) is 9.47 Å². The molecule has 2 aliphatic rings. The highest BCUT2D eigenvalue weighted by molar-refractivity contribution is 4.94. The highest BCUT2D eigenvalue weighted by atomic mass is 16.6. The Balaban J connectivity index is 1.96. The fourth-order valence-electron chi connectivity index (χ4n) is 3.55. The Morgan fingerprint density at radius 1 is 1.30 bits per heavy atom. The standard InChI is InChI=1S/C17H33NO2/c1-13(16(2,3)4)10-15(18-5)14-6-8-20-17(11-14)7-9-19-12-17/h13-15,18H,6-12H2,1-5H3. The van der Waals surface area contributed by atoms with Crippen molar-refractivity contribution in [3.8, 4) is 0 Å². The van der Waals surface area contributed by atoms with E-state index in [-0.39, 0.29) is 5.60 Å². The van der Waals surface area contributed by atoms with E-state index in [1.54, 1.807) is 0 Å². The summed E-state index contributed by atoms with van der Waals surface area (Å²) in [6, 6.07) is 0.602. The average Bonchev–Trinajstić information content (AvgIpc) is 2.82. The van der Waals surface area contributed by atoms with Gasteiger partial charge in [0.1, 0.15) is 0 Å². The molecule has 118 valence electrons. The Kier molecular flexibility index (Phi) is 5.14. The minimum absolute atomic E-state index is 0.0307. The van der Waals surface area contributed by atoms with Gasteiger partial charge in [-0.25, -0.2) is 0 Å². The molecule has 2 rings (SSSR count). The van der Waals surface area contributed by atoms with Gasteiger partial charge in [0.2, 0.25) is 0 Å². The maximum absolute atomic E-state index is 6.07. The summed E-state index contributed by atoms with van der Waals surface area (Å²) >= 11 is 0. The van der Waals surface area contributed by atoms with Crippen molar-refractivity contribution in [3.63, 3.8) is 0 Å². The first kappa shape index (κ1) is 16.3. The summed E-state index contributed by atoms with van der Waals surface area (Å²) in [5.74, 6) is 1.44. The van der Waals surface area contributed by atoms with Crippen LogP contribution in [0.1, 0.15) is 53.4 Å². The summed E-state index contributed by atoms with van der Waals surface area (Å²) in [6.07, 6.45) is 4.68. The molecular weight excluding hydrogens is 250 g/mol. The van der Waals surface area contributed by atoms with Crippen LogP contribution in [0.15, 0.2) is 0 Å². The molecule has 1 N–H and O–H groups in total. The van der Waals surface area contributed by atoms with E-state index in [0.29, 0.717) is 11.5 Å². The monoisotopic (exact) mass is 283 g/mol. The third kappa shape index (κ3) is 3.75. The number of hydrogen-bond donors (Lipinski definition) is 1. The SMILES string of the molecule is CNC(CC(C)C(C)(C)C)C1CCOC2(CCOC2)C1. The van der Waals surface area contributed by atoms with E-state index in [1.165, 1.54) is 12.8 Å². The van der Waals surface area contributed by atoms with Gasteiger partial charge in [0, 0.05) is 25.7 Å². The normalized spacial score (nSPS) is 34.4. The van der Waals surface area contributed by atoms with Crippen LogP contribution in [-0.4, -0.2) is 38.5 Å². The van der Waals surface area contributed by atoms with Gasteiger partial charge in [-0.15, -0.1) is 0 Å². The molecule has 2 heterocycles. The van der Waals surface area contributed by atoms with Crippen LogP contribution in [0.3, 0.4) is 0 Å². The summed E-state index contributed by atoms with van der Waals surface area (Å²) < 4.78 is 11.7. The van der Waals surface area contributed by atoms with Crippen LogP contribution in [0, 0.1) is 17.3 Å². The van der Waals surface area contributed by atoms with Crippen molar-refractivity contribution in [2.24, 2.45) is 17.3 Å². The Labute approximate surface area is 124 Å². The van der Waals surface area contributed by atoms with Gasteiger partial charge in [0.15, 0.2) is 0 Å². The molecule has 0 aliphatic carbocycles. The molecule has 4 unspecified atom stereocenters. The van der Waals surface area contributed by atoms with Gasteiger partial charge in [-0.3, -0.25) is 0 Å². The van der Waals surface area contributed by atoms with E-state index in [2.05, 4.69) is 40.1 Å². The van der Waals surface area contributed by atoms with Crippen LogP contribution in [0.2, 0.25) is 0 Å². The zero-order valence-corrected chi connectivity index (χ0v) is 14.0. The topological polar surface area (TPSA) is 30.5 Å². The average molecular weight is 283 g/mol. The molecule has 20 heavy (non-hydrogen) atoms. The molecule has 1 spiro atoms. The van der Waals surface area contributed by atoms with E-state index in [9.17, 15) is 0 Å². The van der Waals surface area contributed by atoms with Crippen molar-refractivity contribution in [1.29, 1.82) is 0 Å². The lowest BCUT2D eigenvalue weighted by molar-refractivity contribution is -0.104. The van der Waals surface area contributed by atoms with Crippen LogP contribution in [0.25, 0.3) is 0 Å². The lowest BCUT2D eigenvalue weighted by Gasteiger charge is -2.42. The fraction of sp³-hybridized carbons (Fsp3) is 1.00. The quantitative estimate of drug-likeness (QED) is 0.859. The van der Waals surface area contributed by atoms with E-state index >= 15 is 0 Å². The van der Waals surface area contributed by atoms with Gasteiger partial charge in [-0.05, 0) is 43.6 Å². The molecule has 4 atom stereocenters. The maximum atomic E-state index is 6.07. The Bertz CT molecular complexity index is 305. The van der Waals surface area contributed by atoms with Gasteiger partial charge in [-0.1, -0.05) is 27.7 Å².